The first kappa shape index (κ1) is 19.7. The Balaban J connectivity index is 2.23. The molecular formula is C19H17F3N2O4. The van der Waals surface area contributed by atoms with Gasteiger partial charge in [0, 0.05) is 18.7 Å². The smallest absolute Gasteiger partial charge is 0.410 e. The normalized spacial score (nSPS) is 14.6. The summed E-state index contributed by atoms with van der Waals surface area (Å²) in [5, 5.41) is 0. The molecule has 2 aromatic rings. The summed E-state index contributed by atoms with van der Waals surface area (Å²) >= 11 is 0. The largest absolute Gasteiger partial charge is 0.416 e. The zero-order valence-corrected chi connectivity index (χ0v) is 14.7. The number of rotatable bonds is 3. The first-order valence-corrected chi connectivity index (χ1v) is 8.42. The number of carbonyl (C=O) groups excluding carboxylic acids is 2. The highest BCUT2D eigenvalue weighted by Crippen LogP contribution is 2.40. The molecule has 0 radical (unpaired) electrons. The summed E-state index contributed by atoms with van der Waals surface area (Å²) in [4.78, 5) is 25.7. The summed E-state index contributed by atoms with van der Waals surface area (Å²) in [6.07, 6.45) is -6.02. The van der Waals surface area contributed by atoms with Crippen molar-refractivity contribution in [2.75, 3.05) is 26.3 Å². The van der Waals surface area contributed by atoms with Crippen LogP contribution in [-0.4, -0.2) is 43.2 Å². The van der Waals surface area contributed by atoms with E-state index in [-0.39, 0.29) is 37.4 Å². The molecule has 1 aliphatic heterocycles. The predicted molar refractivity (Wildman–Crippen MR) is 93.8 cm³/mol. The number of halogens is 3. The molecule has 1 saturated heterocycles. The number of alkyl halides is 3. The van der Waals surface area contributed by atoms with Crippen molar-refractivity contribution < 1.29 is 32.2 Å². The molecule has 148 valence electrons. The molecule has 6 nitrogen and oxygen atoms in total. The van der Waals surface area contributed by atoms with E-state index in [2.05, 4.69) is 0 Å². The average Bonchev–Trinajstić information content (AvgIpc) is 2.67. The third-order valence-corrected chi connectivity index (χ3v) is 4.23. The van der Waals surface area contributed by atoms with Crippen LogP contribution in [0.3, 0.4) is 0 Å². The Morgan fingerprint density at radius 2 is 1.71 bits per heavy atom. The van der Waals surface area contributed by atoms with Crippen molar-refractivity contribution in [3.05, 3.63) is 53.6 Å². The number of hydrogen-bond donors (Lipinski definition) is 1. The van der Waals surface area contributed by atoms with Crippen LogP contribution in [0, 0.1) is 0 Å². The molecule has 0 bridgehead atoms. The number of benzene rings is 2. The van der Waals surface area contributed by atoms with Gasteiger partial charge in [0.25, 0.3) is 5.91 Å². The molecule has 1 heterocycles. The standard InChI is InChI=1S/C19H17F3N2O4/c20-19(21,22)13-10-14(17(25)24-6-8-27-9-7-24)16(12-4-2-1-3-5-12)15(11-13)28-18(23)26/h1-5,10-11H,6-9H2,(H2,23,26). The number of nitrogens with two attached hydrogens (primary N) is 1. The third kappa shape index (κ3) is 4.25. The highest BCUT2D eigenvalue weighted by Gasteiger charge is 2.35. The van der Waals surface area contributed by atoms with Gasteiger partial charge >= 0.3 is 12.3 Å². The summed E-state index contributed by atoms with van der Waals surface area (Å²) in [5.41, 5.74) is 4.20. The van der Waals surface area contributed by atoms with Crippen molar-refractivity contribution in [3.8, 4) is 16.9 Å². The minimum Gasteiger partial charge on any atom is -0.410 e. The maximum atomic E-state index is 13.4. The van der Waals surface area contributed by atoms with E-state index in [1.807, 2.05) is 0 Å². The third-order valence-electron chi connectivity index (χ3n) is 4.23. The van der Waals surface area contributed by atoms with E-state index in [0.717, 1.165) is 6.07 Å². The zero-order chi connectivity index (χ0) is 20.3. The highest BCUT2D eigenvalue weighted by atomic mass is 19.4. The molecule has 3 rings (SSSR count). The van der Waals surface area contributed by atoms with Crippen LogP contribution in [0.2, 0.25) is 0 Å². The number of hydrogen-bond acceptors (Lipinski definition) is 4. The van der Waals surface area contributed by atoms with Gasteiger partial charge in [0.05, 0.1) is 24.3 Å². The van der Waals surface area contributed by atoms with Gasteiger partial charge in [0.1, 0.15) is 5.75 Å². The maximum Gasteiger partial charge on any atom is 0.416 e. The Bertz CT molecular complexity index is 879. The summed E-state index contributed by atoms with van der Waals surface area (Å²) in [7, 11) is 0. The van der Waals surface area contributed by atoms with Crippen LogP contribution < -0.4 is 10.5 Å². The van der Waals surface area contributed by atoms with Crippen molar-refractivity contribution >= 4 is 12.0 Å². The van der Waals surface area contributed by atoms with E-state index < -0.39 is 29.5 Å². The minimum absolute atomic E-state index is 0.0730. The van der Waals surface area contributed by atoms with E-state index in [0.29, 0.717) is 11.6 Å². The summed E-state index contributed by atoms with van der Waals surface area (Å²) in [6, 6.07) is 9.68. The second-order valence-electron chi connectivity index (χ2n) is 6.09. The molecular weight excluding hydrogens is 377 g/mol. The molecule has 0 atom stereocenters. The van der Waals surface area contributed by atoms with Crippen molar-refractivity contribution in [2.45, 2.75) is 6.18 Å². The second-order valence-corrected chi connectivity index (χ2v) is 6.09. The number of morpholine rings is 1. The van der Waals surface area contributed by atoms with Crippen LogP contribution in [0.25, 0.3) is 11.1 Å². The zero-order valence-electron chi connectivity index (χ0n) is 14.7. The quantitative estimate of drug-likeness (QED) is 0.866. The van der Waals surface area contributed by atoms with Gasteiger partial charge in [-0.1, -0.05) is 30.3 Å². The van der Waals surface area contributed by atoms with E-state index >= 15 is 0 Å². The molecule has 9 heteroatoms. The summed E-state index contributed by atoms with van der Waals surface area (Å²) < 4.78 is 50.3. The first-order valence-electron chi connectivity index (χ1n) is 8.42. The topological polar surface area (TPSA) is 81.9 Å². The Morgan fingerprint density at radius 3 is 2.29 bits per heavy atom. The fourth-order valence-corrected chi connectivity index (χ4v) is 2.98. The maximum absolute atomic E-state index is 13.4. The van der Waals surface area contributed by atoms with Crippen LogP contribution in [0.4, 0.5) is 18.0 Å². The molecule has 2 aromatic carbocycles. The van der Waals surface area contributed by atoms with Gasteiger partial charge in [-0.05, 0) is 17.7 Å². The number of primary amides is 1. The number of amides is 2. The lowest BCUT2D eigenvalue weighted by atomic mass is 9.95. The Kier molecular flexibility index (Phi) is 5.55. The van der Waals surface area contributed by atoms with Gasteiger partial charge in [-0.15, -0.1) is 0 Å². The number of ether oxygens (including phenoxy) is 2. The molecule has 0 aromatic heterocycles. The van der Waals surface area contributed by atoms with Crippen LogP contribution in [-0.2, 0) is 10.9 Å². The van der Waals surface area contributed by atoms with Crippen LogP contribution in [0.1, 0.15) is 15.9 Å². The van der Waals surface area contributed by atoms with Crippen LogP contribution in [0.15, 0.2) is 42.5 Å². The first-order chi connectivity index (χ1) is 13.3. The van der Waals surface area contributed by atoms with E-state index in [9.17, 15) is 22.8 Å². The summed E-state index contributed by atoms with van der Waals surface area (Å²) in [6.45, 7) is 1.07. The minimum atomic E-state index is -4.75. The fraction of sp³-hybridized carbons (Fsp3) is 0.263. The van der Waals surface area contributed by atoms with E-state index in [1.54, 1.807) is 30.3 Å². The Morgan fingerprint density at radius 1 is 1.07 bits per heavy atom. The molecule has 2 N–H and O–H groups in total. The molecule has 0 aliphatic carbocycles. The molecule has 0 saturated carbocycles. The lowest BCUT2D eigenvalue weighted by molar-refractivity contribution is -0.137. The average molecular weight is 394 g/mol. The highest BCUT2D eigenvalue weighted by molar-refractivity contribution is 6.03. The van der Waals surface area contributed by atoms with Crippen molar-refractivity contribution in [1.82, 2.24) is 4.90 Å². The molecule has 28 heavy (non-hydrogen) atoms. The molecule has 1 fully saturated rings. The van der Waals surface area contributed by atoms with Gasteiger partial charge in [0.2, 0.25) is 0 Å². The monoisotopic (exact) mass is 394 g/mol. The van der Waals surface area contributed by atoms with Gasteiger partial charge in [-0.25, -0.2) is 4.79 Å². The van der Waals surface area contributed by atoms with Crippen LogP contribution >= 0.6 is 0 Å². The number of nitrogens with zero attached hydrogens (tertiary/aromatic N) is 1. The van der Waals surface area contributed by atoms with Gasteiger partial charge in [-0.2, -0.15) is 13.2 Å². The van der Waals surface area contributed by atoms with Crippen LogP contribution in [0.5, 0.6) is 5.75 Å². The van der Waals surface area contributed by atoms with Gasteiger partial charge in [-0.3, -0.25) is 4.79 Å². The lowest BCUT2D eigenvalue weighted by Crippen LogP contribution is -2.41. The molecule has 0 spiro atoms. The fourth-order valence-electron chi connectivity index (χ4n) is 2.98. The lowest BCUT2D eigenvalue weighted by Gasteiger charge is -2.28. The Labute approximate surface area is 158 Å². The SMILES string of the molecule is NC(=O)Oc1cc(C(F)(F)F)cc(C(=O)N2CCOCC2)c1-c1ccccc1. The van der Waals surface area contributed by atoms with Gasteiger partial charge in [0.15, 0.2) is 0 Å². The van der Waals surface area contributed by atoms with Crippen molar-refractivity contribution in [3.63, 3.8) is 0 Å². The van der Waals surface area contributed by atoms with E-state index in [4.69, 9.17) is 15.2 Å². The molecule has 2 amide bonds. The van der Waals surface area contributed by atoms with Gasteiger partial charge < -0.3 is 20.1 Å². The second kappa shape index (κ2) is 7.89. The molecule has 0 unspecified atom stereocenters. The predicted octanol–water partition coefficient (Wildman–Crippen LogP) is 3.30. The van der Waals surface area contributed by atoms with Crippen molar-refractivity contribution in [1.29, 1.82) is 0 Å². The van der Waals surface area contributed by atoms with Crippen molar-refractivity contribution in [2.24, 2.45) is 5.73 Å². The molecule has 1 aliphatic rings. The number of carbonyl (C=O) groups is 2. The van der Waals surface area contributed by atoms with E-state index in [1.165, 1.54) is 4.90 Å². The Hall–Kier alpha value is -3.07. The summed E-state index contributed by atoms with van der Waals surface area (Å²) in [5.74, 6) is -1.03.